The van der Waals surface area contributed by atoms with Gasteiger partial charge in [-0.25, -0.2) is 4.79 Å². The lowest BCUT2D eigenvalue weighted by Crippen LogP contribution is -2.58. The topological polar surface area (TPSA) is 182 Å². The van der Waals surface area contributed by atoms with E-state index in [0.717, 1.165) is 38.5 Å². The SMILES string of the molecule is CC(C)CC(NC(=O)C(Cc1ccccc1)NC(=O)C(N)Cc1c[nH]c2ccccc12)C(=O)NC(Cc1c[nH]c2ccccc12)C(=O)O. The lowest BCUT2D eigenvalue weighted by Gasteiger charge is -2.26. The highest BCUT2D eigenvalue weighted by Crippen LogP contribution is 2.20. The number of nitrogens with one attached hydrogen (secondary N) is 5. The summed E-state index contributed by atoms with van der Waals surface area (Å²) in [7, 11) is 0. The molecule has 3 aromatic carbocycles. The van der Waals surface area contributed by atoms with Gasteiger partial charge in [0.05, 0.1) is 6.04 Å². The van der Waals surface area contributed by atoms with Gasteiger partial charge in [-0.1, -0.05) is 80.6 Å². The molecular formula is C37H42N6O5. The fraction of sp³-hybridized carbons (Fsp3) is 0.297. The molecule has 0 aliphatic rings. The van der Waals surface area contributed by atoms with Crippen LogP contribution in [0.3, 0.4) is 0 Å². The van der Waals surface area contributed by atoms with E-state index in [1.165, 1.54) is 0 Å². The van der Waals surface area contributed by atoms with Crippen LogP contribution in [-0.4, -0.2) is 62.9 Å². The molecule has 0 saturated heterocycles. The van der Waals surface area contributed by atoms with E-state index >= 15 is 0 Å². The maximum atomic E-state index is 13.8. The number of carboxylic acid groups (broad SMARTS) is 1. The van der Waals surface area contributed by atoms with Crippen molar-refractivity contribution in [1.82, 2.24) is 25.9 Å². The van der Waals surface area contributed by atoms with Gasteiger partial charge in [-0.2, -0.15) is 0 Å². The van der Waals surface area contributed by atoms with E-state index in [-0.39, 0.29) is 31.6 Å². The van der Waals surface area contributed by atoms with E-state index in [1.807, 2.05) is 98.9 Å². The maximum Gasteiger partial charge on any atom is 0.326 e. The Morgan fingerprint density at radius 3 is 1.73 bits per heavy atom. The fourth-order valence-corrected chi connectivity index (χ4v) is 5.94. The molecule has 0 aliphatic carbocycles. The van der Waals surface area contributed by atoms with Crippen molar-refractivity contribution in [3.63, 3.8) is 0 Å². The van der Waals surface area contributed by atoms with Crippen LogP contribution in [0, 0.1) is 5.92 Å². The number of rotatable bonds is 15. The quantitative estimate of drug-likeness (QED) is 0.0909. The Balaban J connectivity index is 1.30. The number of carbonyl (C=O) groups is 4. The van der Waals surface area contributed by atoms with Crippen LogP contribution >= 0.6 is 0 Å². The third-order valence-corrected chi connectivity index (χ3v) is 8.42. The van der Waals surface area contributed by atoms with Gasteiger partial charge < -0.3 is 36.8 Å². The lowest BCUT2D eigenvalue weighted by molar-refractivity contribution is -0.142. The molecule has 0 radical (unpaired) electrons. The number of hydrogen-bond acceptors (Lipinski definition) is 5. The van der Waals surface area contributed by atoms with E-state index in [2.05, 4.69) is 25.9 Å². The summed E-state index contributed by atoms with van der Waals surface area (Å²) in [6, 6.07) is 20.2. The molecule has 48 heavy (non-hydrogen) atoms. The number of carboxylic acids is 1. The molecule has 11 heteroatoms. The van der Waals surface area contributed by atoms with Crippen molar-refractivity contribution in [2.45, 2.75) is 63.7 Å². The summed E-state index contributed by atoms with van der Waals surface area (Å²) < 4.78 is 0. The van der Waals surface area contributed by atoms with Crippen molar-refractivity contribution in [3.05, 3.63) is 108 Å². The zero-order valence-corrected chi connectivity index (χ0v) is 27.0. The number of H-pyrrole nitrogens is 2. The number of amides is 3. The van der Waals surface area contributed by atoms with Gasteiger partial charge in [0.15, 0.2) is 0 Å². The van der Waals surface area contributed by atoms with Gasteiger partial charge in [-0.3, -0.25) is 14.4 Å². The van der Waals surface area contributed by atoms with Crippen LogP contribution in [0.1, 0.15) is 37.0 Å². The molecule has 2 aromatic heterocycles. The van der Waals surface area contributed by atoms with Crippen molar-refractivity contribution < 1.29 is 24.3 Å². The molecule has 0 spiro atoms. The Bertz CT molecular complexity index is 1880. The van der Waals surface area contributed by atoms with Crippen LogP contribution in [0.2, 0.25) is 0 Å². The first-order valence-electron chi connectivity index (χ1n) is 16.1. The first-order valence-corrected chi connectivity index (χ1v) is 16.1. The number of para-hydroxylation sites is 2. The number of benzene rings is 3. The van der Waals surface area contributed by atoms with Crippen molar-refractivity contribution in [1.29, 1.82) is 0 Å². The van der Waals surface area contributed by atoms with Gasteiger partial charge in [-0.05, 0) is 47.6 Å². The Hall–Kier alpha value is -5.42. The van der Waals surface area contributed by atoms with Crippen molar-refractivity contribution in [3.8, 4) is 0 Å². The second-order valence-corrected chi connectivity index (χ2v) is 12.6. The Morgan fingerprint density at radius 1 is 0.646 bits per heavy atom. The average Bonchev–Trinajstić information content (AvgIpc) is 3.67. The molecule has 11 nitrogen and oxygen atoms in total. The third kappa shape index (κ3) is 8.48. The fourth-order valence-electron chi connectivity index (χ4n) is 5.94. The largest absolute Gasteiger partial charge is 0.480 e. The number of aromatic nitrogens is 2. The molecule has 250 valence electrons. The first kappa shape index (κ1) is 33.9. The minimum Gasteiger partial charge on any atom is -0.480 e. The zero-order valence-electron chi connectivity index (χ0n) is 27.0. The van der Waals surface area contributed by atoms with Crippen molar-refractivity contribution in [2.24, 2.45) is 11.7 Å². The van der Waals surface area contributed by atoms with Gasteiger partial charge in [0.25, 0.3) is 0 Å². The van der Waals surface area contributed by atoms with Crippen LogP contribution in [-0.2, 0) is 38.4 Å². The number of hydrogen-bond donors (Lipinski definition) is 7. The molecule has 4 unspecified atom stereocenters. The minimum atomic E-state index is -1.23. The molecule has 2 heterocycles. The summed E-state index contributed by atoms with van der Waals surface area (Å²) in [5, 5.41) is 20.1. The van der Waals surface area contributed by atoms with Crippen LogP contribution in [0.5, 0.6) is 0 Å². The van der Waals surface area contributed by atoms with Crippen molar-refractivity contribution in [2.75, 3.05) is 0 Å². The molecule has 8 N–H and O–H groups in total. The molecule has 0 bridgehead atoms. The van der Waals surface area contributed by atoms with Crippen LogP contribution in [0.25, 0.3) is 21.8 Å². The summed E-state index contributed by atoms with van der Waals surface area (Å²) in [6.45, 7) is 3.81. The van der Waals surface area contributed by atoms with E-state index < -0.39 is 47.9 Å². The van der Waals surface area contributed by atoms with Gasteiger partial charge >= 0.3 is 5.97 Å². The third-order valence-electron chi connectivity index (χ3n) is 8.42. The van der Waals surface area contributed by atoms with Gasteiger partial charge in [0, 0.05) is 47.0 Å². The molecule has 0 aliphatic heterocycles. The van der Waals surface area contributed by atoms with Gasteiger partial charge in [0.1, 0.15) is 18.1 Å². The smallest absolute Gasteiger partial charge is 0.326 e. The number of fused-ring (bicyclic) bond motifs is 2. The number of aliphatic carboxylic acids is 1. The van der Waals surface area contributed by atoms with E-state index in [1.54, 1.807) is 6.20 Å². The predicted octanol–water partition coefficient (Wildman–Crippen LogP) is 3.59. The van der Waals surface area contributed by atoms with Gasteiger partial charge in [-0.15, -0.1) is 0 Å². The summed E-state index contributed by atoms with van der Waals surface area (Å²) >= 11 is 0. The van der Waals surface area contributed by atoms with E-state index in [4.69, 9.17) is 5.73 Å². The number of aromatic amines is 2. The number of nitrogens with two attached hydrogens (primary N) is 1. The zero-order chi connectivity index (χ0) is 34.2. The number of carbonyl (C=O) groups excluding carboxylic acids is 3. The molecule has 3 amide bonds. The minimum absolute atomic E-state index is 0.00953. The first-order chi connectivity index (χ1) is 23.1. The maximum absolute atomic E-state index is 13.8. The highest BCUT2D eigenvalue weighted by Gasteiger charge is 2.31. The monoisotopic (exact) mass is 650 g/mol. The lowest BCUT2D eigenvalue weighted by atomic mass is 9.99. The van der Waals surface area contributed by atoms with Crippen molar-refractivity contribution >= 4 is 45.5 Å². The van der Waals surface area contributed by atoms with Crippen LogP contribution in [0.4, 0.5) is 0 Å². The highest BCUT2D eigenvalue weighted by atomic mass is 16.4. The molecule has 0 fully saturated rings. The molecule has 5 rings (SSSR count). The van der Waals surface area contributed by atoms with E-state index in [0.29, 0.717) is 0 Å². The molecular weight excluding hydrogens is 608 g/mol. The Morgan fingerprint density at radius 2 is 1.15 bits per heavy atom. The summed E-state index contributed by atoms with van der Waals surface area (Å²) in [4.78, 5) is 59.4. The second-order valence-electron chi connectivity index (χ2n) is 12.6. The summed E-state index contributed by atoms with van der Waals surface area (Å²) in [5.41, 5.74) is 10.6. The predicted molar refractivity (Wildman–Crippen MR) is 185 cm³/mol. The Kier molecular flexibility index (Phi) is 10.9. The normalized spacial score (nSPS) is 13.9. The average molecular weight is 651 g/mol. The summed E-state index contributed by atoms with van der Waals surface area (Å²) in [6.07, 6.45) is 4.27. The molecule has 4 atom stereocenters. The highest BCUT2D eigenvalue weighted by molar-refractivity contribution is 5.95. The molecule has 0 saturated carbocycles. The molecule has 5 aromatic rings. The summed E-state index contributed by atoms with van der Waals surface area (Å²) in [5.74, 6) is -2.90. The Labute approximate surface area is 278 Å². The second kappa shape index (κ2) is 15.4. The standard InChI is InChI=1S/C37H42N6O5/c1-22(2)16-31(35(45)43-33(37(47)48)19-25-21-40-30-15-9-7-13-27(25)30)42-36(46)32(17-23-10-4-3-5-11-23)41-34(44)28(38)18-24-20-39-29-14-8-6-12-26(24)29/h3-15,20-22,28,31-33,39-40H,16-19,38H2,1-2H3,(H,41,44)(H,42,46)(H,43,45)(H,47,48). The van der Waals surface area contributed by atoms with Gasteiger partial charge in [0.2, 0.25) is 17.7 Å². The van der Waals surface area contributed by atoms with Crippen LogP contribution in [0.15, 0.2) is 91.3 Å². The van der Waals surface area contributed by atoms with Crippen LogP contribution < -0.4 is 21.7 Å². The van der Waals surface area contributed by atoms with E-state index in [9.17, 15) is 24.3 Å².